The minimum atomic E-state index is -4.35. The monoisotopic (exact) mass is 459 g/mol. The van der Waals surface area contributed by atoms with E-state index in [0.29, 0.717) is 31.9 Å². The van der Waals surface area contributed by atoms with Crippen molar-refractivity contribution in [1.29, 1.82) is 0 Å². The van der Waals surface area contributed by atoms with Crippen LogP contribution in [0.4, 0.5) is 18.9 Å². The summed E-state index contributed by atoms with van der Waals surface area (Å²) in [7, 11) is 0. The van der Waals surface area contributed by atoms with Crippen molar-refractivity contribution in [3.8, 4) is 0 Å². The van der Waals surface area contributed by atoms with Gasteiger partial charge >= 0.3 is 6.18 Å². The average molecular weight is 460 g/mol. The van der Waals surface area contributed by atoms with E-state index in [4.69, 9.17) is 0 Å². The van der Waals surface area contributed by atoms with Crippen molar-refractivity contribution >= 4 is 5.69 Å². The summed E-state index contributed by atoms with van der Waals surface area (Å²) in [5.41, 5.74) is 0.669. The second kappa shape index (κ2) is 9.09. The van der Waals surface area contributed by atoms with Crippen LogP contribution < -0.4 is 4.90 Å². The number of aromatic nitrogens is 5. The quantitative estimate of drug-likeness (QED) is 0.552. The molecule has 0 aliphatic carbocycles. The summed E-state index contributed by atoms with van der Waals surface area (Å²) in [4.78, 5) is 8.56. The van der Waals surface area contributed by atoms with Crippen LogP contribution in [-0.4, -0.2) is 56.3 Å². The van der Waals surface area contributed by atoms with E-state index in [2.05, 4.69) is 46.2 Å². The summed E-state index contributed by atoms with van der Waals surface area (Å²) in [5, 5.41) is 12.7. The highest BCUT2D eigenvalue weighted by Crippen LogP contribution is 2.34. The molecule has 0 N–H and O–H groups in total. The van der Waals surface area contributed by atoms with Crippen LogP contribution in [0.25, 0.3) is 0 Å². The molecule has 1 aromatic carbocycles. The molecular formula is C23H28F3N7. The Hall–Kier alpha value is -3.01. The molecule has 3 aromatic rings. The predicted molar refractivity (Wildman–Crippen MR) is 119 cm³/mol. The number of alkyl halides is 3. The summed E-state index contributed by atoms with van der Waals surface area (Å²) in [5.74, 6) is 0.738. The number of anilines is 1. The van der Waals surface area contributed by atoms with E-state index in [1.807, 2.05) is 27.9 Å². The Kier molecular flexibility index (Phi) is 6.38. The van der Waals surface area contributed by atoms with E-state index >= 15 is 0 Å². The van der Waals surface area contributed by atoms with Gasteiger partial charge in [0.15, 0.2) is 5.82 Å². The van der Waals surface area contributed by atoms with Gasteiger partial charge in [-0.2, -0.15) is 13.2 Å². The van der Waals surface area contributed by atoms with E-state index < -0.39 is 11.7 Å². The zero-order chi connectivity index (χ0) is 23.6. The van der Waals surface area contributed by atoms with Gasteiger partial charge in [0.05, 0.1) is 17.1 Å². The number of tetrazole rings is 1. The van der Waals surface area contributed by atoms with Gasteiger partial charge in [-0.1, -0.05) is 19.1 Å². The molecule has 1 fully saturated rings. The van der Waals surface area contributed by atoms with Crippen LogP contribution in [0.1, 0.15) is 50.2 Å². The van der Waals surface area contributed by atoms with Crippen LogP contribution >= 0.6 is 0 Å². The maximum Gasteiger partial charge on any atom is 0.416 e. The predicted octanol–water partition coefficient (Wildman–Crippen LogP) is 4.14. The van der Waals surface area contributed by atoms with Crippen molar-refractivity contribution in [1.82, 2.24) is 30.1 Å². The van der Waals surface area contributed by atoms with Gasteiger partial charge in [0, 0.05) is 44.3 Å². The molecule has 4 rings (SSSR count). The molecule has 0 spiro atoms. The van der Waals surface area contributed by atoms with Crippen molar-refractivity contribution in [2.45, 2.75) is 44.9 Å². The number of benzene rings is 1. The minimum absolute atomic E-state index is 0.205. The van der Waals surface area contributed by atoms with E-state index in [9.17, 15) is 13.2 Å². The number of rotatable bonds is 6. The second-order valence-corrected chi connectivity index (χ2v) is 8.87. The van der Waals surface area contributed by atoms with Gasteiger partial charge in [-0.15, -0.1) is 5.10 Å². The van der Waals surface area contributed by atoms with E-state index in [1.165, 1.54) is 12.1 Å². The number of piperazine rings is 1. The Morgan fingerprint density at radius 1 is 1.03 bits per heavy atom. The van der Waals surface area contributed by atoms with Crippen molar-refractivity contribution in [3.05, 3.63) is 65.7 Å². The maximum atomic E-state index is 13.2. The first-order chi connectivity index (χ1) is 15.7. The number of hydrogen-bond donors (Lipinski definition) is 0. The van der Waals surface area contributed by atoms with Crippen molar-refractivity contribution < 1.29 is 13.2 Å². The zero-order valence-electron chi connectivity index (χ0n) is 19.0. The van der Waals surface area contributed by atoms with Crippen LogP contribution in [0.3, 0.4) is 0 Å². The molecule has 0 unspecified atom stereocenters. The lowest BCUT2D eigenvalue weighted by atomic mass is 10.00. The third kappa shape index (κ3) is 4.85. The van der Waals surface area contributed by atoms with Crippen molar-refractivity contribution in [2.75, 3.05) is 31.1 Å². The highest BCUT2D eigenvalue weighted by Gasteiger charge is 2.35. The Balaban J connectivity index is 1.60. The standard InChI is InChI=1S/C23H28F3N7/c1-4-22(2,3)33-21(28-29-30-33)20(17-7-6-10-27-16-17)32-13-11-31(12-14-32)19-9-5-8-18(15-19)23(24,25)26/h5-10,15-16,20H,4,11-14H2,1-3H3/t20-/m1/s1. The summed E-state index contributed by atoms with van der Waals surface area (Å²) in [6, 6.07) is 9.21. The lowest BCUT2D eigenvalue weighted by molar-refractivity contribution is -0.137. The number of halogens is 3. The molecule has 0 bridgehead atoms. The Labute approximate surface area is 191 Å². The summed E-state index contributed by atoms with van der Waals surface area (Å²) >= 11 is 0. The van der Waals surface area contributed by atoms with Crippen LogP contribution in [0.2, 0.25) is 0 Å². The number of hydrogen-bond acceptors (Lipinski definition) is 6. The molecule has 3 heterocycles. The second-order valence-electron chi connectivity index (χ2n) is 8.87. The Morgan fingerprint density at radius 2 is 1.79 bits per heavy atom. The zero-order valence-corrected chi connectivity index (χ0v) is 19.0. The van der Waals surface area contributed by atoms with E-state index in [0.717, 1.165) is 23.9 Å². The maximum absolute atomic E-state index is 13.2. The van der Waals surface area contributed by atoms with Crippen LogP contribution in [0, 0.1) is 0 Å². The lowest BCUT2D eigenvalue weighted by Crippen LogP contribution is -2.49. The smallest absolute Gasteiger partial charge is 0.369 e. The Bertz CT molecular complexity index is 1060. The largest absolute Gasteiger partial charge is 0.416 e. The highest BCUT2D eigenvalue weighted by atomic mass is 19.4. The SMILES string of the molecule is CCC(C)(C)n1nnnc1[C@@H](c1cccnc1)N1CCN(c2cccc(C(F)(F)F)c2)CC1. The fourth-order valence-corrected chi connectivity index (χ4v) is 4.12. The van der Waals surface area contributed by atoms with Crippen molar-refractivity contribution in [2.24, 2.45) is 0 Å². The highest BCUT2D eigenvalue weighted by molar-refractivity contribution is 5.49. The van der Waals surface area contributed by atoms with Gasteiger partial charge in [0.25, 0.3) is 0 Å². The molecule has 10 heteroatoms. The van der Waals surface area contributed by atoms with Gasteiger partial charge in [-0.3, -0.25) is 9.88 Å². The third-order valence-electron chi connectivity index (χ3n) is 6.39. The van der Waals surface area contributed by atoms with Crippen LogP contribution in [-0.2, 0) is 11.7 Å². The summed E-state index contributed by atoms with van der Waals surface area (Å²) in [6.45, 7) is 8.77. The summed E-state index contributed by atoms with van der Waals surface area (Å²) in [6.07, 6.45) is 0.0490. The van der Waals surface area contributed by atoms with E-state index in [-0.39, 0.29) is 11.6 Å². The molecule has 0 saturated carbocycles. The third-order valence-corrected chi connectivity index (χ3v) is 6.39. The molecule has 0 radical (unpaired) electrons. The first kappa shape index (κ1) is 23.2. The molecule has 7 nitrogen and oxygen atoms in total. The molecule has 1 saturated heterocycles. The van der Waals surface area contributed by atoms with Gasteiger partial charge in [0.1, 0.15) is 0 Å². The molecular weight excluding hydrogens is 431 g/mol. The van der Waals surface area contributed by atoms with Crippen LogP contribution in [0.15, 0.2) is 48.8 Å². The number of pyridine rings is 1. The van der Waals surface area contributed by atoms with E-state index in [1.54, 1.807) is 12.3 Å². The van der Waals surface area contributed by atoms with Gasteiger partial charge in [-0.05, 0) is 60.5 Å². The Morgan fingerprint density at radius 3 is 2.42 bits per heavy atom. The number of nitrogens with zero attached hydrogens (tertiary/aromatic N) is 7. The van der Waals surface area contributed by atoms with Gasteiger partial charge < -0.3 is 4.90 Å². The lowest BCUT2D eigenvalue weighted by Gasteiger charge is -2.40. The molecule has 0 amide bonds. The summed E-state index contributed by atoms with van der Waals surface area (Å²) < 4.78 is 41.4. The van der Waals surface area contributed by atoms with Gasteiger partial charge in [0.2, 0.25) is 0 Å². The van der Waals surface area contributed by atoms with Crippen LogP contribution in [0.5, 0.6) is 0 Å². The molecule has 33 heavy (non-hydrogen) atoms. The first-order valence-corrected chi connectivity index (χ1v) is 11.1. The normalized spacial score (nSPS) is 16.7. The topological polar surface area (TPSA) is 63.0 Å². The average Bonchev–Trinajstić information content (AvgIpc) is 3.30. The minimum Gasteiger partial charge on any atom is -0.369 e. The fourth-order valence-electron chi connectivity index (χ4n) is 4.12. The van der Waals surface area contributed by atoms with Gasteiger partial charge in [-0.25, -0.2) is 4.68 Å². The molecule has 1 aliphatic heterocycles. The molecule has 1 atom stereocenters. The molecule has 1 aliphatic rings. The molecule has 176 valence electrons. The fraction of sp³-hybridized carbons (Fsp3) is 0.478. The first-order valence-electron chi connectivity index (χ1n) is 11.1. The van der Waals surface area contributed by atoms with Crippen molar-refractivity contribution in [3.63, 3.8) is 0 Å². The molecule has 2 aromatic heterocycles.